The van der Waals surface area contributed by atoms with Crippen molar-refractivity contribution in [3.63, 3.8) is 0 Å². The van der Waals surface area contributed by atoms with Crippen LogP contribution in [0.3, 0.4) is 0 Å². The number of anilines is 3. The molecular formula is C52H37N. The van der Waals surface area contributed by atoms with Gasteiger partial charge in [0.2, 0.25) is 0 Å². The highest BCUT2D eigenvalue weighted by atomic mass is 15.1. The number of hydrogen-bond donors (Lipinski definition) is 0. The van der Waals surface area contributed by atoms with E-state index in [2.05, 4.69) is 229 Å². The van der Waals surface area contributed by atoms with Crippen molar-refractivity contribution < 1.29 is 0 Å². The first-order chi connectivity index (χ1) is 26.3. The minimum atomic E-state index is 1.10. The van der Waals surface area contributed by atoms with Crippen LogP contribution in [0, 0.1) is 0 Å². The van der Waals surface area contributed by atoms with Crippen LogP contribution in [0.5, 0.6) is 0 Å². The molecular weight excluding hydrogens is 639 g/mol. The number of fused-ring (bicyclic) bond motifs is 1. The van der Waals surface area contributed by atoms with Crippen molar-refractivity contribution in [1.29, 1.82) is 0 Å². The minimum absolute atomic E-state index is 1.10. The number of benzene rings is 9. The van der Waals surface area contributed by atoms with Crippen LogP contribution in [0.1, 0.15) is 0 Å². The Labute approximate surface area is 311 Å². The van der Waals surface area contributed by atoms with Crippen molar-refractivity contribution in [2.45, 2.75) is 0 Å². The summed E-state index contributed by atoms with van der Waals surface area (Å²) in [5.41, 5.74) is 15.4. The first-order valence-corrected chi connectivity index (χ1v) is 18.2. The van der Waals surface area contributed by atoms with E-state index in [9.17, 15) is 0 Å². The molecule has 0 fully saturated rings. The molecule has 0 amide bonds. The van der Waals surface area contributed by atoms with E-state index < -0.39 is 0 Å². The Balaban J connectivity index is 1.03. The summed E-state index contributed by atoms with van der Waals surface area (Å²) in [5.74, 6) is 0. The molecule has 53 heavy (non-hydrogen) atoms. The first-order valence-electron chi connectivity index (χ1n) is 18.2. The second-order valence-corrected chi connectivity index (χ2v) is 13.4. The lowest BCUT2D eigenvalue weighted by Gasteiger charge is -2.28. The molecule has 250 valence electrons. The van der Waals surface area contributed by atoms with Crippen LogP contribution in [0.15, 0.2) is 224 Å². The van der Waals surface area contributed by atoms with Gasteiger partial charge in [-0.3, -0.25) is 0 Å². The van der Waals surface area contributed by atoms with E-state index in [-0.39, 0.29) is 0 Å². The standard InChI is InChI=1S/C52H37N/c1-3-12-38(13-4-1)41-28-32-49(33-29-41)53(52-21-10-9-20-51(52)44-15-5-2-6-16-44)50-34-30-42(31-35-50)40-22-24-43(25-23-40)46-18-11-19-47(36-46)48-27-26-39-14-7-8-17-45(39)37-48/h1-37H. The van der Waals surface area contributed by atoms with Crippen molar-refractivity contribution in [3.05, 3.63) is 224 Å². The van der Waals surface area contributed by atoms with Crippen molar-refractivity contribution in [3.8, 4) is 55.6 Å². The van der Waals surface area contributed by atoms with E-state index in [0.29, 0.717) is 0 Å². The molecule has 0 saturated heterocycles. The summed E-state index contributed by atoms with van der Waals surface area (Å²) >= 11 is 0. The molecule has 1 heteroatoms. The van der Waals surface area contributed by atoms with Crippen molar-refractivity contribution in [2.75, 3.05) is 4.90 Å². The fourth-order valence-electron chi connectivity index (χ4n) is 7.30. The lowest BCUT2D eigenvalue weighted by molar-refractivity contribution is 1.28. The fraction of sp³-hybridized carbons (Fsp3) is 0. The zero-order chi connectivity index (χ0) is 35.4. The van der Waals surface area contributed by atoms with Crippen molar-refractivity contribution in [1.82, 2.24) is 0 Å². The van der Waals surface area contributed by atoms with Crippen LogP contribution in [0.2, 0.25) is 0 Å². The second kappa shape index (κ2) is 14.3. The molecule has 0 radical (unpaired) electrons. The van der Waals surface area contributed by atoms with Gasteiger partial charge < -0.3 is 4.90 Å². The summed E-state index contributed by atoms with van der Waals surface area (Å²) < 4.78 is 0. The zero-order valence-corrected chi connectivity index (χ0v) is 29.3. The number of para-hydroxylation sites is 1. The summed E-state index contributed by atoms with van der Waals surface area (Å²) in [4.78, 5) is 2.37. The maximum absolute atomic E-state index is 2.37. The molecule has 0 unspecified atom stereocenters. The predicted molar refractivity (Wildman–Crippen MR) is 226 cm³/mol. The molecule has 1 nitrogen and oxygen atoms in total. The number of rotatable bonds is 8. The van der Waals surface area contributed by atoms with Gasteiger partial charge in [-0.25, -0.2) is 0 Å². The summed E-state index contributed by atoms with van der Waals surface area (Å²) in [5, 5.41) is 2.52. The molecule has 0 aliphatic rings. The summed E-state index contributed by atoms with van der Waals surface area (Å²) in [7, 11) is 0. The molecule has 0 heterocycles. The molecule has 9 rings (SSSR count). The van der Waals surface area contributed by atoms with Gasteiger partial charge in [0.25, 0.3) is 0 Å². The Morgan fingerprint density at radius 2 is 0.623 bits per heavy atom. The molecule has 0 saturated carbocycles. The quantitative estimate of drug-likeness (QED) is 0.155. The first kappa shape index (κ1) is 32.0. The third-order valence-corrected chi connectivity index (χ3v) is 10.1. The molecule has 9 aromatic rings. The van der Waals surface area contributed by atoms with Crippen LogP contribution in [0.4, 0.5) is 17.1 Å². The summed E-state index contributed by atoms with van der Waals surface area (Å²) in [6.07, 6.45) is 0. The SMILES string of the molecule is c1ccc(-c2ccc(N(c3ccc(-c4ccc(-c5cccc(-c6ccc7ccccc7c6)c5)cc4)cc3)c3ccccc3-c3ccccc3)cc2)cc1. The maximum Gasteiger partial charge on any atom is 0.0540 e. The van der Waals surface area contributed by atoms with Gasteiger partial charge in [-0.1, -0.05) is 182 Å². The number of hydrogen-bond acceptors (Lipinski definition) is 1. The molecule has 0 N–H and O–H groups in total. The Morgan fingerprint density at radius 1 is 0.226 bits per heavy atom. The molecule has 0 aliphatic carbocycles. The largest absolute Gasteiger partial charge is 0.310 e. The van der Waals surface area contributed by atoms with Crippen molar-refractivity contribution in [2.24, 2.45) is 0 Å². The highest BCUT2D eigenvalue weighted by Gasteiger charge is 2.17. The van der Waals surface area contributed by atoms with Crippen LogP contribution in [0.25, 0.3) is 66.4 Å². The second-order valence-electron chi connectivity index (χ2n) is 13.4. The van der Waals surface area contributed by atoms with Crippen LogP contribution < -0.4 is 4.90 Å². The maximum atomic E-state index is 2.37. The van der Waals surface area contributed by atoms with E-state index in [1.165, 1.54) is 66.4 Å². The molecule has 0 atom stereocenters. The predicted octanol–water partition coefficient (Wildman–Crippen LogP) is 14.6. The van der Waals surface area contributed by atoms with Gasteiger partial charge >= 0.3 is 0 Å². The van der Waals surface area contributed by atoms with Gasteiger partial charge in [0.1, 0.15) is 0 Å². The molecule has 0 bridgehead atoms. The molecule has 9 aromatic carbocycles. The van der Waals surface area contributed by atoms with E-state index in [1.54, 1.807) is 0 Å². The molecule has 0 spiro atoms. The topological polar surface area (TPSA) is 3.24 Å². The van der Waals surface area contributed by atoms with E-state index in [0.717, 1.165) is 17.1 Å². The van der Waals surface area contributed by atoms with Crippen LogP contribution in [-0.2, 0) is 0 Å². The lowest BCUT2D eigenvalue weighted by atomic mass is 9.96. The third-order valence-electron chi connectivity index (χ3n) is 10.1. The van der Waals surface area contributed by atoms with Gasteiger partial charge in [0, 0.05) is 16.9 Å². The average molecular weight is 676 g/mol. The van der Waals surface area contributed by atoms with E-state index >= 15 is 0 Å². The highest BCUT2D eigenvalue weighted by Crippen LogP contribution is 2.42. The summed E-state index contributed by atoms with van der Waals surface area (Å²) in [6, 6.07) is 80.7. The molecule has 0 aliphatic heterocycles. The number of nitrogens with zero attached hydrogens (tertiary/aromatic N) is 1. The van der Waals surface area contributed by atoms with E-state index in [4.69, 9.17) is 0 Å². The van der Waals surface area contributed by atoms with Gasteiger partial charge in [-0.15, -0.1) is 0 Å². The minimum Gasteiger partial charge on any atom is -0.310 e. The fourth-order valence-corrected chi connectivity index (χ4v) is 7.30. The smallest absolute Gasteiger partial charge is 0.0540 e. The zero-order valence-electron chi connectivity index (χ0n) is 29.3. The highest BCUT2D eigenvalue weighted by molar-refractivity contribution is 5.90. The van der Waals surface area contributed by atoms with Gasteiger partial charge in [-0.2, -0.15) is 0 Å². The Hall–Kier alpha value is -6.96. The average Bonchev–Trinajstić information content (AvgIpc) is 3.25. The Kier molecular flexibility index (Phi) is 8.66. The lowest BCUT2D eigenvalue weighted by Crippen LogP contribution is -2.11. The summed E-state index contributed by atoms with van der Waals surface area (Å²) in [6.45, 7) is 0. The van der Waals surface area contributed by atoms with Crippen LogP contribution in [-0.4, -0.2) is 0 Å². The Bertz CT molecular complexity index is 2620. The van der Waals surface area contributed by atoms with Crippen molar-refractivity contribution >= 4 is 27.8 Å². The third kappa shape index (κ3) is 6.65. The van der Waals surface area contributed by atoms with E-state index in [1.807, 2.05) is 0 Å². The van der Waals surface area contributed by atoms with Gasteiger partial charge in [-0.05, 0) is 103 Å². The Morgan fingerprint density at radius 3 is 1.25 bits per heavy atom. The molecule has 0 aromatic heterocycles. The monoisotopic (exact) mass is 675 g/mol. The van der Waals surface area contributed by atoms with Gasteiger partial charge in [0.15, 0.2) is 0 Å². The van der Waals surface area contributed by atoms with Gasteiger partial charge in [0.05, 0.1) is 5.69 Å². The normalized spacial score (nSPS) is 11.0. The van der Waals surface area contributed by atoms with Crippen LogP contribution >= 0.6 is 0 Å².